The van der Waals surface area contributed by atoms with Gasteiger partial charge in [-0.3, -0.25) is 4.79 Å². The number of carbonyl (C=O) groups is 1. The van der Waals surface area contributed by atoms with E-state index in [-0.39, 0.29) is 11.8 Å². The fourth-order valence-corrected chi connectivity index (χ4v) is 4.62. The average molecular weight is 392 g/mol. The van der Waals surface area contributed by atoms with Crippen molar-refractivity contribution in [2.45, 2.75) is 96.1 Å². The number of nitrogens with zero attached hydrogens (tertiary/aromatic N) is 1. The van der Waals surface area contributed by atoms with Gasteiger partial charge in [0.15, 0.2) is 5.89 Å². The van der Waals surface area contributed by atoms with Crippen molar-refractivity contribution in [1.82, 2.24) is 10.3 Å². The van der Waals surface area contributed by atoms with Crippen molar-refractivity contribution < 1.29 is 13.9 Å². The number of hydrogen-bond donors (Lipinski definition) is 2. The van der Waals surface area contributed by atoms with Gasteiger partial charge in [0.2, 0.25) is 5.91 Å². The highest BCUT2D eigenvalue weighted by molar-refractivity contribution is 5.74. The summed E-state index contributed by atoms with van der Waals surface area (Å²) in [6, 6.07) is 0.477. The minimum atomic E-state index is -0.277. The van der Waals surface area contributed by atoms with Crippen LogP contribution in [0.5, 0.6) is 0 Å². The SMILES string of the molecule is Cc1oc(C(CCCC2CCCCC2)CC(N)=O)nc1CNC1CCOCC1. The Labute approximate surface area is 169 Å². The largest absolute Gasteiger partial charge is 0.445 e. The van der Waals surface area contributed by atoms with Crippen molar-refractivity contribution in [2.24, 2.45) is 11.7 Å². The standard InChI is InChI=1S/C22H37N3O3/c1-16-20(15-24-19-10-12-27-13-11-19)25-22(28-16)18(14-21(23)26)9-5-8-17-6-3-2-4-7-17/h17-19,24H,2-15H2,1H3,(H2,23,26). The lowest BCUT2D eigenvalue weighted by Gasteiger charge is -2.22. The molecule has 28 heavy (non-hydrogen) atoms. The van der Waals surface area contributed by atoms with E-state index in [1.807, 2.05) is 6.92 Å². The minimum absolute atomic E-state index is 0.00313. The van der Waals surface area contributed by atoms with Crippen LogP contribution < -0.4 is 11.1 Å². The summed E-state index contributed by atoms with van der Waals surface area (Å²) < 4.78 is 11.4. The third-order valence-corrected chi connectivity index (χ3v) is 6.38. The fourth-order valence-electron chi connectivity index (χ4n) is 4.62. The van der Waals surface area contributed by atoms with E-state index >= 15 is 0 Å². The Bertz CT molecular complexity index is 604. The maximum absolute atomic E-state index is 11.6. The zero-order valence-corrected chi connectivity index (χ0v) is 17.4. The van der Waals surface area contributed by atoms with Gasteiger partial charge in [-0.1, -0.05) is 44.9 Å². The maximum atomic E-state index is 11.6. The molecular formula is C22H37N3O3. The molecule has 1 aromatic rings. The molecule has 1 amide bonds. The molecule has 158 valence electrons. The number of aryl methyl sites for hydroxylation is 1. The van der Waals surface area contributed by atoms with Gasteiger partial charge in [-0.05, 0) is 32.1 Å². The molecule has 2 heterocycles. The molecule has 1 aliphatic heterocycles. The summed E-state index contributed by atoms with van der Waals surface area (Å²) in [6.45, 7) is 4.30. The van der Waals surface area contributed by atoms with E-state index in [4.69, 9.17) is 19.9 Å². The molecule has 6 nitrogen and oxygen atoms in total. The predicted octanol–water partition coefficient (Wildman–Crippen LogP) is 3.96. The monoisotopic (exact) mass is 391 g/mol. The van der Waals surface area contributed by atoms with Crippen LogP contribution in [-0.4, -0.2) is 30.1 Å². The first-order valence-corrected chi connectivity index (χ1v) is 11.2. The number of rotatable bonds is 10. The molecule has 2 fully saturated rings. The van der Waals surface area contributed by atoms with Crippen LogP contribution in [0.3, 0.4) is 0 Å². The molecule has 3 N–H and O–H groups in total. The van der Waals surface area contributed by atoms with E-state index in [0.29, 0.717) is 24.9 Å². The number of amides is 1. The Morgan fingerprint density at radius 2 is 1.96 bits per heavy atom. The molecule has 1 saturated carbocycles. The van der Waals surface area contributed by atoms with Crippen molar-refractivity contribution in [3.05, 3.63) is 17.3 Å². The fraction of sp³-hybridized carbons (Fsp3) is 0.818. The van der Waals surface area contributed by atoms with E-state index in [1.165, 1.54) is 38.5 Å². The Morgan fingerprint density at radius 1 is 1.21 bits per heavy atom. The second-order valence-corrected chi connectivity index (χ2v) is 8.62. The van der Waals surface area contributed by atoms with Crippen molar-refractivity contribution in [2.75, 3.05) is 13.2 Å². The summed E-state index contributed by atoms with van der Waals surface area (Å²) in [4.78, 5) is 16.3. The van der Waals surface area contributed by atoms with E-state index in [0.717, 1.165) is 56.3 Å². The Morgan fingerprint density at radius 3 is 2.68 bits per heavy atom. The van der Waals surface area contributed by atoms with Gasteiger partial charge in [0.25, 0.3) is 0 Å². The first-order valence-electron chi connectivity index (χ1n) is 11.2. The number of hydrogen-bond acceptors (Lipinski definition) is 5. The van der Waals surface area contributed by atoms with Crippen LogP contribution >= 0.6 is 0 Å². The zero-order valence-electron chi connectivity index (χ0n) is 17.4. The Kier molecular flexibility index (Phi) is 8.34. The summed E-state index contributed by atoms with van der Waals surface area (Å²) in [5, 5.41) is 3.56. The van der Waals surface area contributed by atoms with Gasteiger partial charge in [-0.25, -0.2) is 4.98 Å². The molecule has 1 aliphatic carbocycles. The lowest BCUT2D eigenvalue weighted by molar-refractivity contribution is -0.118. The van der Waals surface area contributed by atoms with Crippen molar-refractivity contribution in [3.8, 4) is 0 Å². The van der Waals surface area contributed by atoms with Gasteiger partial charge < -0.3 is 20.2 Å². The third-order valence-electron chi connectivity index (χ3n) is 6.38. The highest BCUT2D eigenvalue weighted by Crippen LogP contribution is 2.31. The van der Waals surface area contributed by atoms with Crippen molar-refractivity contribution in [1.29, 1.82) is 0 Å². The lowest BCUT2D eigenvalue weighted by Crippen LogP contribution is -2.34. The van der Waals surface area contributed by atoms with E-state index in [9.17, 15) is 4.79 Å². The molecule has 0 bridgehead atoms. The highest BCUT2D eigenvalue weighted by atomic mass is 16.5. The molecule has 6 heteroatoms. The van der Waals surface area contributed by atoms with Gasteiger partial charge in [-0.2, -0.15) is 0 Å². The van der Waals surface area contributed by atoms with Gasteiger partial charge in [0.1, 0.15) is 5.76 Å². The van der Waals surface area contributed by atoms with Crippen LogP contribution in [0.25, 0.3) is 0 Å². The molecule has 0 spiro atoms. The molecule has 0 radical (unpaired) electrons. The number of carbonyl (C=O) groups excluding carboxylic acids is 1. The van der Waals surface area contributed by atoms with Crippen LogP contribution in [0, 0.1) is 12.8 Å². The number of nitrogens with two attached hydrogens (primary N) is 1. The smallest absolute Gasteiger partial charge is 0.218 e. The summed E-state index contributed by atoms with van der Waals surface area (Å²) in [5.74, 6) is 2.10. The summed E-state index contributed by atoms with van der Waals surface area (Å²) in [7, 11) is 0. The summed E-state index contributed by atoms with van der Waals surface area (Å²) in [6.07, 6.45) is 12.5. The van der Waals surface area contributed by atoms with E-state index in [1.54, 1.807) is 0 Å². The Balaban J connectivity index is 1.53. The molecule has 0 aromatic carbocycles. The number of primary amides is 1. The molecule has 1 saturated heterocycles. The van der Waals surface area contributed by atoms with Crippen molar-refractivity contribution in [3.63, 3.8) is 0 Å². The van der Waals surface area contributed by atoms with Gasteiger partial charge in [0.05, 0.1) is 5.69 Å². The van der Waals surface area contributed by atoms with E-state index < -0.39 is 0 Å². The highest BCUT2D eigenvalue weighted by Gasteiger charge is 2.23. The molecule has 1 unspecified atom stereocenters. The second kappa shape index (κ2) is 11.0. The van der Waals surface area contributed by atoms with Gasteiger partial charge in [0, 0.05) is 38.1 Å². The molecule has 3 rings (SSSR count). The first-order chi connectivity index (χ1) is 13.6. The lowest BCUT2D eigenvalue weighted by atomic mass is 9.84. The normalized spacial score (nSPS) is 20.3. The topological polar surface area (TPSA) is 90.4 Å². The Hall–Kier alpha value is -1.40. The summed E-state index contributed by atoms with van der Waals surface area (Å²) in [5.41, 5.74) is 6.46. The number of aromatic nitrogens is 1. The first kappa shape index (κ1) is 21.3. The third kappa shape index (κ3) is 6.59. The van der Waals surface area contributed by atoms with Gasteiger partial charge in [-0.15, -0.1) is 0 Å². The average Bonchev–Trinajstić information content (AvgIpc) is 3.07. The quantitative estimate of drug-likeness (QED) is 0.630. The molecule has 1 aromatic heterocycles. The van der Waals surface area contributed by atoms with Gasteiger partial charge >= 0.3 is 0 Å². The number of oxazole rings is 1. The van der Waals surface area contributed by atoms with Crippen LogP contribution in [-0.2, 0) is 16.1 Å². The van der Waals surface area contributed by atoms with Crippen LogP contribution in [0.4, 0.5) is 0 Å². The van der Waals surface area contributed by atoms with Crippen LogP contribution in [0.15, 0.2) is 4.42 Å². The molecule has 1 atom stereocenters. The summed E-state index contributed by atoms with van der Waals surface area (Å²) >= 11 is 0. The number of ether oxygens (including phenoxy) is 1. The van der Waals surface area contributed by atoms with E-state index in [2.05, 4.69) is 5.32 Å². The molecule has 2 aliphatic rings. The van der Waals surface area contributed by atoms with Crippen LogP contribution in [0.1, 0.15) is 93.9 Å². The second-order valence-electron chi connectivity index (χ2n) is 8.62. The minimum Gasteiger partial charge on any atom is -0.445 e. The maximum Gasteiger partial charge on any atom is 0.218 e. The predicted molar refractivity (Wildman–Crippen MR) is 109 cm³/mol. The zero-order chi connectivity index (χ0) is 19.8. The van der Waals surface area contributed by atoms with Crippen molar-refractivity contribution >= 4 is 5.91 Å². The molecular weight excluding hydrogens is 354 g/mol. The van der Waals surface area contributed by atoms with Crippen LogP contribution in [0.2, 0.25) is 0 Å². The number of nitrogens with one attached hydrogen (secondary N) is 1.